The number of nitrogens with zero attached hydrogens (tertiary/aromatic N) is 4. The topological polar surface area (TPSA) is 72.7 Å². The summed E-state index contributed by atoms with van der Waals surface area (Å²) in [5.41, 5.74) is 3.28. The summed E-state index contributed by atoms with van der Waals surface area (Å²) in [6.45, 7) is 6.84. The van der Waals surface area contributed by atoms with Crippen LogP contribution in [0.1, 0.15) is 31.9 Å². The standard InChI is InChI=1S/C15H21N5OS/c1-4-11-8-7-9-12(5-2)14(11)16-13(21)10-22-15-17-18-19-20(15)6-3/h7-9H,4-6,10H2,1-3H3,(H,16,21). The highest BCUT2D eigenvalue weighted by Gasteiger charge is 2.12. The van der Waals surface area contributed by atoms with Crippen molar-refractivity contribution in [1.29, 1.82) is 0 Å². The number of nitrogens with one attached hydrogen (secondary N) is 1. The third kappa shape index (κ3) is 3.85. The first-order valence-electron chi connectivity index (χ1n) is 7.49. The molecule has 22 heavy (non-hydrogen) atoms. The Morgan fingerprint density at radius 1 is 1.23 bits per heavy atom. The summed E-state index contributed by atoms with van der Waals surface area (Å²) in [5, 5.41) is 15.1. The summed E-state index contributed by atoms with van der Waals surface area (Å²) in [6, 6.07) is 6.15. The summed E-state index contributed by atoms with van der Waals surface area (Å²) in [5.74, 6) is 0.257. The molecular formula is C15H21N5OS. The minimum atomic E-state index is -0.0359. The molecule has 1 aromatic carbocycles. The fourth-order valence-electron chi connectivity index (χ4n) is 2.21. The van der Waals surface area contributed by atoms with E-state index in [-0.39, 0.29) is 5.91 Å². The Balaban J connectivity index is 2.03. The lowest BCUT2D eigenvalue weighted by Gasteiger charge is -2.14. The molecule has 0 spiro atoms. The van der Waals surface area contributed by atoms with Crippen LogP contribution in [0.3, 0.4) is 0 Å². The molecule has 0 atom stereocenters. The van der Waals surface area contributed by atoms with Crippen molar-refractivity contribution in [2.45, 2.75) is 45.3 Å². The number of amides is 1. The summed E-state index contributed by atoms with van der Waals surface area (Å²) in [7, 11) is 0. The number of thioether (sulfide) groups is 1. The van der Waals surface area contributed by atoms with E-state index in [1.165, 1.54) is 11.8 Å². The van der Waals surface area contributed by atoms with Crippen molar-refractivity contribution in [3.05, 3.63) is 29.3 Å². The predicted octanol–water partition coefficient (Wildman–Crippen LogP) is 2.55. The van der Waals surface area contributed by atoms with Gasteiger partial charge >= 0.3 is 0 Å². The van der Waals surface area contributed by atoms with Crippen LogP contribution in [0.15, 0.2) is 23.4 Å². The highest BCUT2D eigenvalue weighted by molar-refractivity contribution is 7.99. The van der Waals surface area contributed by atoms with Crippen LogP contribution >= 0.6 is 11.8 Å². The van der Waals surface area contributed by atoms with E-state index in [1.54, 1.807) is 4.68 Å². The summed E-state index contributed by atoms with van der Waals surface area (Å²) in [4.78, 5) is 12.2. The molecule has 0 bridgehead atoms. The first-order chi connectivity index (χ1) is 10.7. The van der Waals surface area contributed by atoms with Gasteiger partial charge in [0.25, 0.3) is 0 Å². The molecule has 0 unspecified atom stereocenters. The van der Waals surface area contributed by atoms with Crippen LogP contribution in [0.5, 0.6) is 0 Å². The van der Waals surface area contributed by atoms with Crippen molar-refractivity contribution in [2.75, 3.05) is 11.1 Å². The zero-order chi connectivity index (χ0) is 15.9. The first kappa shape index (κ1) is 16.5. The average molecular weight is 319 g/mol. The second-order valence-electron chi connectivity index (χ2n) is 4.77. The molecular weight excluding hydrogens is 298 g/mol. The van der Waals surface area contributed by atoms with Gasteiger partial charge in [-0.1, -0.05) is 43.8 Å². The number of rotatable bonds is 7. The Labute approximate surface area is 134 Å². The van der Waals surface area contributed by atoms with Crippen molar-refractivity contribution in [1.82, 2.24) is 20.2 Å². The van der Waals surface area contributed by atoms with Gasteiger partial charge in [0.2, 0.25) is 11.1 Å². The Bertz CT molecular complexity index is 618. The largest absolute Gasteiger partial charge is 0.325 e. The summed E-state index contributed by atoms with van der Waals surface area (Å²) in [6.07, 6.45) is 1.79. The lowest BCUT2D eigenvalue weighted by atomic mass is 10.0. The SMILES string of the molecule is CCc1cccc(CC)c1NC(=O)CSc1nnnn1CC. The Hall–Kier alpha value is -1.89. The van der Waals surface area contributed by atoms with E-state index < -0.39 is 0 Å². The number of anilines is 1. The van der Waals surface area contributed by atoms with Crippen LogP contribution < -0.4 is 5.32 Å². The third-order valence-electron chi connectivity index (χ3n) is 3.39. The van der Waals surface area contributed by atoms with Crippen LogP contribution in [-0.2, 0) is 24.2 Å². The number of hydrogen-bond acceptors (Lipinski definition) is 5. The fourth-order valence-corrected chi connectivity index (χ4v) is 2.95. The van der Waals surface area contributed by atoms with Crippen LogP contribution in [0, 0.1) is 0 Å². The molecule has 0 aliphatic carbocycles. The average Bonchev–Trinajstić information content (AvgIpc) is 3.00. The van der Waals surface area contributed by atoms with Crippen LogP contribution in [0.2, 0.25) is 0 Å². The Morgan fingerprint density at radius 2 is 1.91 bits per heavy atom. The maximum atomic E-state index is 12.2. The van der Waals surface area contributed by atoms with Gasteiger partial charge in [0.15, 0.2) is 0 Å². The van der Waals surface area contributed by atoms with Crippen molar-refractivity contribution in [2.24, 2.45) is 0 Å². The Morgan fingerprint density at radius 3 is 2.50 bits per heavy atom. The van der Waals surface area contributed by atoms with Gasteiger partial charge in [-0.05, 0) is 41.3 Å². The van der Waals surface area contributed by atoms with Crippen molar-refractivity contribution in [3.8, 4) is 0 Å². The molecule has 2 aromatic rings. The maximum absolute atomic E-state index is 12.2. The van der Waals surface area contributed by atoms with Gasteiger partial charge < -0.3 is 5.32 Å². The number of aromatic nitrogens is 4. The molecule has 0 saturated carbocycles. The van der Waals surface area contributed by atoms with Crippen molar-refractivity contribution < 1.29 is 4.79 Å². The highest BCUT2D eigenvalue weighted by Crippen LogP contribution is 2.23. The van der Waals surface area contributed by atoms with Crippen molar-refractivity contribution >= 4 is 23.4 Å². The molecule has 0 saturated heterocycles. The smallest absolute Gasteiger partial charge is 0.234 e. The molecule has 2 rings (SSSR count). The number of para-hydroxylation sites is 1. The number of benzene rings is 1. The normalized spacial score (nSPS) is 10.7. The van der Waals surface area contributed by atoms with Gasteiger partial charge in [0, 0.05) is 12.2 Å². The molecule has 1 amide bonds. The first-order valence-corrected chi connectivity index (χ1v) is 8.47. The molecule has 1 N–H and O–H groups in total. The van der Waals surface area contributed by atoms with E-state index in [9.17, 15) is 4.79 Å². The zero-order valence-corrected chi connectivity index (χ0v) is 14.0. The van der Waals surface area contributed by atoms with Gasteiger partial charge in [-0.25, -0.2) is 4.68 Å². The number of aryl methyl sites for hydroxylation is 3. The number of carbonyl (C=O) groups excluding carboxylic acids is 1. The fraction of sp³-hybridized carbons (Fsp3) is 0.467. The minimum absolute atomic E-state index is 0.0359. The molecule has 1 aromatic heterocycles. The number of tetrazole rings is 1. The van der Waals surface area contributed by atoms with Crippen LogP contribution in [0.4, 0.5) is 5.69 Å². The summed E-state index contributed by atoms with van der Waals surface area (Å²) >= 11 is 1.35. The molecule has 118 valence electrons. The maximum Gasteiger partial charge on any atom is 0.234 e. The second kappa shape index (κ2) is 7.93. The lowest BCUT2D eigenvalue weighted by Crippen LogP contribution is -2.17. The molecule has 0 radical (unpaired) electrons. The second-order valence-corrected chi connectivity index (χ2v) is 5.71. The molecule has 7 heteroatoms. The van der Waals surface area contributed by atoms with Gasteiger partial charge in [0.05, 0.1) is 5.75 Å². The van der Waals surface area contributed by atoms with Gasteiger partial charge in [-0.15, -0.1) is 5.10 Å². The van der Waals surface area contributed by atoms with E-state index in [0.29, 0.717) is 17.5 Å². The van der Waals surface area contributed by atoms with Gasteiger partial charge in [-0.3, -0.25) is 4.79 Å². The van der Waals surface area contributed by atoms with E-state index in [1.807, 2.05) is 13.0 Å². The molecule has 0 aliphatic rings. The number of hydrogen-bond donors (Lipinski definition) is 1. The zero-order valence-electron chi connectivity index (χ0n) is 13.2. The lowest BCUT2D eigenvalue weighted by molar-refractivity contribution is -0.113. The Kier molecular flexibility index (Phi) is 5.94. The van der Waals surface area contributed by atoms with Crippen molar-refractivity contribution in [3.63, 3.8) is 0 Å². The summed E-state index contributed by atoms with van der Waals surface area (Å²) < 4.78 is 1.68. The van der Waals surface area contributed by atoms with Crippen LogP contribution in [-0.4, -0.2) is 31.9 Å². The molecule has 0 fully saturated rings. The highest BCUT2D eigenvalue weighted by atomic mass is 32.2. The van der Waals surface area contributed by atoms with Gasteiger partial charge in [0.1, 0.15) is 0 Å². The van der Waals surface area contributed by atoms with Gasteiger partial charge in [-0.2, -0.15) is 0 Å². The predicted molar refractivity (Wildman–Crippen MR) is 88.0 cm³/mol. The molecule has 6 nitrogen and oxygen atoms in total. The minimum Gasteiger partial charge on any atom is -0.325 e. The molecule has 0 aliphatic heterocycles. The quantitative estimate of drug-likeness (QED) is 0.794. The van der Waals surface area contributed by atoms with E-state index >= 15 is 0 Å². The van der Waals surface area contributed by atoms with E-state index in [4.69, 9.17) is 0 Å². The van der Waals surface area contributed by atoms with Crippen LogP contribution in [0.25, 0.3) is 0 Å². The molecule has 1 heterocycles. The number of carbonyl (C=O) groups is 1. The van der Waals surface area contributed by atoms with E-state index in [0.717, 1.165) is 29.7 Å². The van der Waals surface area contributed by atoms with E-state index in [2.05, 4.69) is 46.8 Å². The third-order valence-corrected chi connectivity index (χ3v) is 4.35. The monoisotopic (exact) mass is 319 g/mol.